The van der Waals surface area contributed by atoms with E-state index in [1.54, 1.807) is 0 Å². The van der Waals surface area contributed by atoms with Crippen LogP contribution in [0.15, 0.2) is 24.3 Å². The highest BCUT2D eigenvalue weighted by molar-refractivity contribution is 5.80. The molecule has 1 saturated heterocycles. The number of likely N-dealkylation sites (tertiary alicyclic amines) is 1. The van der Waals surface area contributed by atoms with Gasteiger partial charge < -0.3 is 4.90 Å². The van der Waals surface area contributed by atoms with E-state index >= 15 is 0 Å². The lowest BCUT2D eigenvalue weighted by atomic mass is 10.0. The van der Waals surface area contributed by atoms with Gasteiger partial charge in [-0.2, -0.15) is 5.10 Å². The smallest absolute Gasteiger partial charge is 0.227 e. The van der Waals surface area contributed by atoms with E-state index in [-0.39, 0.29) is 11.9 Å². The molecule has 4 heteroatoms. The highest BCUT2D eigenvalue weighted by atomic mass is 16.2. The highest BCUT2D eigenvalue weighted by Crippen LogP contribution is 2.33. The van der Waals surface area contributed by atoms with Crippen molar-refractivity contribution in [2.24, 2.45) is 5.92 Å². The number of carbonyl (C=O) groups excluding carboxylic acids is 1. The van der Waals surface area contributed by atoms with E-state index in [4.69, 9.17) is 0 Å². The SMILES string of the molecule is Cc1ccc(C2CCCN2C(=O)Cc2c(C)nn(CC(C)C)c2C)cc1. The summed E-state index contributed by atoms with van der Waals surface area (Å²) in [4.78, 5) is 15.2. The molecule has 0 bridgehead atoms. The second-order valence-corrected chi connectivity index (χ2v) is 8.06. The third-order valence-electron chi connectivity index (χ3n) is 5.43. The lowest BCUT2D eigenvalue weighted by Gasteiger charge is -2.25. The minimum absolute atomic E-state index is 0.217. The molecule has 0 aliphatic carbocycles. The third-order valence-corrected chi connectivity index (χ3v) is 5.43. The first-order valence-electron chi connectivity index (χ1n) is 9.75. The van der Waals surface area contributed by atoms with E-state index in [0.29, 0.717) is 12.3 Å². The molecule has 4 nitrogen and oxygen atoms in total. The predicted octanol–water partition coefficient (Wildman–Crippen LogP) is 4.37. The van der Waals surface area contributed by atoms with Crippen molar-refractivity contribution < 1.29 is 4.79 Å². The van der Waals surface area contributed by atoms with Crippen molar-refractivity contribution in [1.82, 2.24) is 14.7 Å². The average molecular weight is 354 g/mol. The maximum absolute atomic E-state index is 13.1. The Morgan fingerprint density at radius 1 is 1.19 bits per heavy atom. The molecule has 0 saturated carbocycles. The van der Waals surface area contributed by atoms with Crippen LogP contribution in [-0.4, -0.2) is 27.1 Å². The first kappa shape index (κ1) is 18.7. The minimum atomic E-state index is 0.217. The van der Waals surface area contributed by atoms with Crippen LogP contribution in [0.5, 0.6) is 0 Å². The van der Waals surface area contributed by atoms with Crippen LogP contribution in [0.2, 0.25) is 0 Å². The summed E-state index contributed by atoms with van der Waals surface area (Å²) in [6.45, 7) is 12.4. The van der Waals surface area contributed by atoms with Gasteiger partial charge in [-0.05, 0) is 45.1 Å². The molecule has 1 unspecified atom stereocenters. The summed E-state index contributed by atoms with van der Waals surface area (Å²) >= 11 is 0. The molecule has 2 aromatic rings. The molecule has 1 aromatic carbocycles. The summed E-state index contributed by atoms with van der Waals surface area (Å²) in [6.07, 6.45) is 2.59. The van der Waals surface area contributed by atoms with Gasteiger partial charge in [-0.15, -0.1) is 0 Å². The summed E-state index contributed by atoms with van der Waals surface area (Å²) in [5, 5.41) is 4.66. The molecule has 0 N–H and O–H groups in total. The van der Waals surface area contributed by atoms with Crippen LogP contribution in [0, 0.1) is 26.7 Å². The molecular formula is C22H31N3O. The number of amides is 1. The molecule has 1 aliphatic rings. The Bertz CT molecular complexity index is 773. The quantitative estimate of drug-likeness (QED) is 0.800. The number of hydrogen-bond donors (Lipinski definition) is 0. The van der Waals surface area contributed by atoms with Crippen LogP contribution in [0.3, 0.4) is 0 Å². The Balaban J connectivity index is 1.77. The zero-order chi connectivity index (χ0) is 18.8. The fraction of sp³-hybridized carbons (Fsp3) is 0.545. The third kappa shape index (κ3) is 3.84. The fourth-order valence-electron chi connectivity index (χ4n) is 3.97. The van der Waals surface area contributed by atoms with Gasteiger partial charge in [-0.25, -0.2) is 0 Å². The van der Waals surface area contributed by atoms with E-state index in [1.807, 2.05) is 6.92 Å². The molecule has 26 heavy (non-hydrogen) atoms. The number of rotatable bonds is 5. The van der Waals surface area contributed by atoms with Crippen molar-refractivity contribution in [2.45, 2.75) is 66.5 Å². The molecule has 1 aromatic heterocycles. The Morgan fingerprint density at radius 2 is 1.88 bits per heavy atom. The van der Waals surface area contributed by atoms with E-state index in [0.717, 1.165) is 42.9 Å². The molecule has 1 aliphatic heterocycles. The number of aryl methyl sites for hydroxylation is 2. The molecule has 2 heterocycles. The number of aromatic nitrogens is 2. The standard InChI is InChI=1S/C22H31N3O/c1-15(2)14-25-18(5)20(17(4)23-25)13-22(26)24-12-6-7-21(24)19-10-8-16(3)9-11-19/h8-11,15,21H,6-7,12-14H2,1-5H3. The van der Waals surface area contributed by atoms with Crippen molar-refractivity contribution in [3.63, 3.8) is 0 Å². The van der Waals surface area contributed by atoms with Crippen LogP contribution in [0.1, 0.15) is 60.8 Å². The maximum atomic E-state index is 13.1. The van der Waals surface area contributed by atoms with E-state index in [2.05, 4.69) is 66.6 Å². The number of nitrogens with zero attached hydrogens (tertiary/aromatic N) is 3. The van der Waals surface area contributed by atoms with Gasteiger partial charge in [-0.3, -0.25) is 9.48 Å². The largest absolute Gasteiger partial charge is 0.335 e. The Morgan fingerprint density at radius 3 is 2.54 bits per heavy atom. The lowest BCUT2D eigenvalue weighted by Crippen LogP contribution is -2.32. The first-order valence-corrected chi connectivity index (χ1v) is 9.75. The highest BCUT2D eigenvalue weighted by Gasteiger charge is 2.30. The summed E-state index contributed by atoms with van der Waals surface area (Å²) in [7, 11) is 0. The minimum Gasteiger partial charge on any atom is -0.335 e. The molecular weight excluding hydrogens is 322 g/mol. The van der Waals surface area contributed by atoms with Gasteiger partial charge in [0.25, 0.3) is 0 Å². The van der Waals surface area contributed by atoms with Crippen molar-refractivity contribution in [2.75, 3.05) is 6.54 Å². The van der Waals surface area contributed by atoms with Gasteiger partial charge >= 0.3 is 0 Å². The van der Waals surface area contributed by atoms with Gasteiger partial charge in [0, 0.05) is 24.3 Å². The normalized spacial score (nSPS) is 17.3. The van der Waals surface area contributed by atoms with Crippen LogP contribution in [-0.2, 0) is 17.8 Å². The van der Waals surface area contributed by atoms with Crippen LogP contribution in [0.4, 0.5) is 0 Å². The zero-order valence-corrected chi connectivity index (χ0v) is 16.7. The number of hydrogen-bond acceptors (Lipinski definition) is 2. The topological polar surface area (TPSA) is 38.1 Å². The van der Waals surface area contributed by atoms with Crippen LogP contribution < -0.4 is 0 Å². The van der Waals surface area contributed by atoms with Crippen molar-refractivity contribution >= 4 is 5.91 Å². The summed E-state index contributed by atoms with van der Waals surface area (Å²) in [5.41, 5.74) is 5.74. The number of carbonyl (C=O) groups is 1. The van der Waals surface area contributed by atoms with Gasteiger partial charge in [0.05, 0.1) is 18.2 Å². The van der Waals surface area contributed by atoms with Crippen LogP contribution in [0.25, 0.3) is 0 Å². The molecule has 140 valence electrons. The second-order valence-electron chi connectivity index (χ2n) is 8.06. The summed E-state index contributed by atoms with van der Waals surface area (Å²) in [6, 6.07) is 8.83. The average Bonchev–Trinajstić information content (AvgIpc) is 3.16. The predicted molar refractivity (Wildman–Crippen MR) is 105 cm³/mol. The van der Waals surface area contributed by atoms with Gasteiger partial charge in [0.2, 0.25) is 5.91 Å². The lowest BCUT2D eigenvalue weighted by molar-refractivity contribution is -0.131. The summed E-state index contributed by atoms with van der Waals surface area (Å²) in [5.74, 6) is 0.768. The molecule has 3 rings (SSSR count). The Kier molecular flexibility index (Phi) is 5.49. The molecule has 1 amide bonds. The van der Waals surface area contributed by atoms with Crippen LogP contribution >= 0.6 is 0 Å². The zero-order valence-electron chi connectivity index (χ0n) is 16.7. The maximum Gasteiger partial charge on any atom is 0.227 e. The van der Waals surface area contributed by atoms with Gasteiger partial charge in [0.15, 0.2) is 0 Å². The first-order chi connectivity index (χ1) is 12.4. The van der Waals surface area contributed by atoms with E-state index in [9.17, 15) is 4.79 Å². The van der Waals surface area contributed by atoms with Crippen molar-refractivity contribution in [3.8, 4) is 0 Å². The van der Waals surface area contributed by atoms with E-state index in [1.165, 1.54) is 11.1 Å². The monoisotopic (exact) mass is 353 g/mol. The van der Waals surface area contributed by atoms with Gasteiger partial charge in [0.1, 0.15) is 0 Å². The number of benzene rings is 1. The van der Waals surface area contributed by atoms with E-state index < -0.39 is 0 Å². The molecule has 0 radical (unpaired) electrons. The summed E-state index contributed by atoms with van der Waals surface area (Å²) < 4.78 is 2.06. The Hall–Kier alpha value is -2.10. The fourth-order valence-corrected chi connectivity index (χ4v) is 3.97. The van der Waals surface area contributed by atoms with Gasteiger partial charge in [-0.1, -0.05) is 43.7 Å². The van der Waals surface area contributed by atoms with Crippen molar-refractivity contribution in [3.05, 3.63) is 52.3 Å². The Labute approximate surface area is 157 Å². The molecule has 1 fully saturated rings. The molecule has 1 atom stereocenters. The van der Waals surface area contributed by atoms with Crippen molar-refractivity contribution in [1.29, 1.82) is 0 Å². The second kappa shape index (κ2) is 7.65. The molecule has 0 spiro atoms.